The predicted molar refractivity (Wildman–Crippen MR) is 72.2 cm³/mol. The first-order valence-electron chi connectivity index (χ1n) is 6.98. The summed E-state index contributed by atoms with van der Waals surface area (Å²) in [6, 6.07) is 4.10. The van der Waals surface area contributed by atoms with Crippen molar-refractivity contribution in [2.24, 2.45) is 0 Å². The molecule has 1 aromatic rings. The highest BCUT2D eigenvalue weighted by atomic mass is 16.5. The maximum atomic E-state index is 9.16. The van der Waals surface area contributed by atoms with Gasteiger partial charge in [0.1, 0.15) is 18.2 Å². The van der Waals surface area contributed by atoms with Crippen LogP contribution in [0.1, 0.15) is 43.0 Å². The Hall–Kier alpha value is -1.60. The largest absolute Gasteiger partial charge is 0.474 e. The minimum absolute atomic E-state index is 0.445. The van der Waals surface area contributed by atoms with E-state index in [0.717, 1.165) is 31.6 Å². The van der Waals surface area contributed by atoms with Crippen LogP contribution in [-0.4, -0.2) is 24.8 Å². The molecule has 1 heterocycles. The van der Waals surface area contributed by atoms with E-state index < -0.39 is 0 Å². The Morgan fingerprint density at radius 2 is 2.11 bits per heavy atom. The van der Waals surface area contributed by atoms with Crippen LogP contribution in [0.2, 0.25) is 0 Å². The van der Waals surface area contributed by atoms with Gasteiger partial charge in [0.2, 0.25) is 5.88 Å². The van der Waals surface area contributed by atoms with Crippen LogP contribution in [-0.2, 0) is 17.6 Å². The normalized spacial score (nSPS) is 13.7. The van der Waals surface area contributed by atoms with Crippen molar-refractivity contribution < 1.29 is 9.47 Å². The highest BCUT2D eigenvalue weighted by molar-refractivity contribution is 5.43. The van der Waals surface area contributed by atoms with Gasteiger partial charge in [-0.2, -0.15) is 5.26 Å². The molecular weight excluding hydrogens is 240 g/mol. The van der Waals surface area contributed by atoms with Crippen molar-refractivity contribution >= 4 is 0 Å². The number of nitriles is 1. The van der Waals surface area contributed by atoms with Crippen LogP contribution in [0.4, 0.5) is 0 Å². The molecule has 0 fully saturated rings. The van der Waals surface area contributed by atoms with Crippen molar-refractivity contribution in [3.63, 3.8) is 0 Å². The molecule has 0 bridgehead atoms. The molecule has 0 aromatic carbocycles. The summed E-state index contributed by atoms with van der Waals surface area (Å²) in [7, 11) is 0. The van der Waals surface area contributed by atoms with Crippen molar-refractivity contribution in [1.29, 1.82) is 5.26 Å². The number of aryl methyl sites for hydroxylation is 2. The average molecular weight is 260 g/mol. The van der Waals surface area contributed by atoms with Gasteiger partial charge in [-0.25, -0.2) is 4.98 Å². The van der Waals surface area contributed by atoms with Crippen molar-refractivity contribution in [3.05, 3.63) is 22.9 Å². The smallest absolute Gasteiger partial charge is 0.232 e. The van der Waals surface area contributed by atoms with E-state index in [1.54, 1.807) is 0 Å². The number of aromatic nitrogens is 1. The number of hydrogen-bond donors (Lipinski definition) is 0. The third-order valence-electron chi connectivity index (χ3n) is 3.20. The Labute approximate surface area is 114 Å². The molecule has 4 nitrogen and oxygen atoms in total. The molecule has 1 aliphatic rings. The SMILES string of the molecule is CCCOCCOc1nc2c(cc1C#N)CCCC2. The molecule has 0 aliphatic heterocycles. The summed E-state index contributed by atoms with van der Waals surface area (Å²) < 4.78 is 10.9. The summed E-state index contributed by atoms with van der Waals surface area (Å²) in [5.74, 6) is 0.461. The first-order valence-corrected chi connectivity index (χ1v) is 6.98. The Kier molecular flexibility index (Phi) is 5.17. The Balaban J connectivity index is 2.01. The molecule has 19 heavy (non-hydrogen) atoms. The van der Waals surface area contributed by atoms with Crippen LogP contribution < -0.4 is 4.74 Å². The van der Waals surface area contributed by atoms with E-state index in [9.17, 15) is 0 Å². The highest BCUT2D eigenvalue weighted by Gasteiger charge is 2.15. The number of pyridine rings is 1. The quantitative estimate of drug-likeness (QED) is 0.738. The molecule has 0 saturated carbocycles. The molecule has 2 rings (SSSR count). The third kappa shape index (κ3) is 3.68. The Bertz CT molecular complexity index is 466. The van der Waals surface area contributed by atoms with E-state index in [2.05, 4.69) is 18.0 Å². The summed E-state index contributed by atoms with van der Waals surface area (Å²) in [4.78, 5) is 4.50. The van der Waals surface area contributed by atoms with Crippen LogP contribution in [0.25, 0.3) is 0 Å². The van der Waals surface area contributed by atoms with Crippen molar-refractivity contribution in [2.75, 3.05) is 19.8 Å². The summed E-state index contributed by atoms with van der Waals surface area (Å²) >= 11 is 0. The fraction of sp³-hybridized carbons (Fsp3) is 0.600. The molecule has 0 radical (unpaired) electrons. The summed E-state index contributed by atoms with van der Waals surface area (Å²) in [6.07, 6.45) is 5.37. The number of rotatable bonds is 6. The van der Waals surface area contributed by atoms with E-state index in [1.165, 1.54) is 18.4 Å². The lowest BCUT2D eigenvalue weighted by Gasteiger charge is -2.16. The lowest BCUT2D eigenvalue weighted by Crippen LogP contribution is -2.12. The standard InChI is InChI=1S/C15H20N2O2/c1-2-7-18-8-9-19-15-13(11-16)10-12-5-3-4-6-14(12)17-15/h10H,2-9H2,1H3. The van der Waals surface area contributed by atoms with Crippen molar-refractivity contribution in [3.8, 4) is 11.9 Å². The molecule has 102 valence electrons. The molecule has 4 heteroatoms. The zero-order valence-electron chi connectivity index (χ0n) is 11.4. The second-order valence-corrected chi connectivity index (χ2v) is 4.73. The van der Waals surface area contributed by atoms with Crippen LogP contribution in [0.3, 0.4) is 0 Å². The summed E-state index contributed by atoms with van der Waals surface area (Å²) in [5, 5.41) is 9.16. The molecule has 1 aliphatic carbocycles. The molecule has 0 amide bonds. The molecule has 1 aromatic heterocycles. The van der Waals surface area contributed by atoms with Crippen LogP contribution in [0.5, 0.6) is 5.88 Å². The summed E-state index contributed by atoms with van der Waals surface area (Å²) in [5.41, 5.74) is 2.84. The second kappa shape index (κ2) is 7.10. The number of ether oxygens (including phenoxy) is 2. The highest BCUT2D eigenvalue weighted by Crippen LogP contribution is 2.25. The van der Waals surface area contributed by atoms with Gasteiger partial charge in [-0.15, -0.1) is 0 Å². The van der Waals surface area contributed by atoms with E-state index >= 15 is 0 Å². The van der Waals surface area contributed by atoms with E-state index in [0.29, 0.717) is 24.7 Å². The van der Waals surface area contributed by atoms with E-state index in [4.69, 9.17) is 14.7 Å². The summed E-state index contributed by atoms with van der Waals surface area (Å²) in [6.45, 7) is 3.80. The van der Waals surface area contributed by atoms with E-state index in [-0.39, 0.29) is 0 Å². The van der Waals surface area contributed by atoms with Gasteiger partial charge in [-0.1, -0.05) is 6.92 Å². The maximum Gasteiger partial charge on any atom is 0.232 e. The maximum absolute atomic E-state index is 9.16. The zero-order chi connectivity index (χ0) is 13.5. The number of fused-ring (bicyclic) bond motifs is 1. The molecule has 0 unspecified atom stereocenters. The van der Waals surface area contributed by atoms with Gasteiger partial charge in [0, 0.05) is 12.3 Å². The van der Waals surface area contributed by atoms with Crippen molar-refractivity contribution in [1.82, 2.24) is 4.98 Å². The van der Waals surface area contributed by atoms with Gasteiger partial charge in [0.15, 0.2) is 0 Å². The first kappa shape index (κ1) is 13.8. The third-order valence-corrected chi connectivity index (χ3v) is 3.20. The predicted octanol–water partition coefficient (Wildman–Crippen LogP) is 2.64. The Morgan fingerprint density at radius 1 is 1.26 bits per heavy atom. The zero-order valence-corrected chi connectivity index (χ0v) is 11.4. The lowest BCUT2D eigenvalue weighted by molar-refractivity contribution is 0.0988. The Morgan fingerprint density at radius 3 is 2.89 bits per heavy atom. The van der Waals surface area contributed by atoms with Crippen LogP contribution in [0, 0.1) is 11.3 Å². The van der Waals surface area contributed by atoms with Crippen LogP contribution in [0.15, 0.2) is 6.07 Å². The van der Waals surface area contributed by atoms with Gasteiger partial charge in [-0.3, -0.25) is 0 Å². The van der Waals surface area contributed by atoms with E-state index in [1.807, 2.05) is 6.07 Å². The topological polar surface area (TPSA) is 55.1 Å². The molecule has 0 saturated heterocycles. The molecule has 0 N–H and O–H groups in total. The van der Waals surface area contributed by atoms with Crippen LogP contribution >= 0.6 is 0 Å². The number of nitrogens with zero attached hydrogens (tertiary/aromatic N) is 2. The minimum atomic E-state index is 0.445. The molecular formula is C15H20N2O2. The molecule has 0 atom stereocenters. The first-order chi connectivity index (χ1) is 9.35. The van der Waals surface area contributed by atoms with Gasteiger partial charge in [0.05, 0.1) is 6.61 Å². The molecule has 0 spiro atoms. The lowest BCUT2D eigenvalue weighted by atomic mass is 9.95. The number of hydrogen-bond acceptors (Lipinski definition) is 4. The minimum Gasteiger partial charge on any atom is -0.474 e. The fourth-order valence-corrected chi connectivity index (χ4v) is 2.25. The van der Waals surface area contributed by atoms with Gasteiger partial charge in [0.25, 0.3) is 0 Å². The monoisotopic (exact) mass is 260 g/mol. The second-order valence-electron chi connectivity index (χ2n) is 4.73. The fourth-order valence-electron chi connectivity index (χ4n) is 2.25. The van der Waals surface area contributed by atoms with Gasteiger partial charge in [-0.05, 0) is 43.7 Å². The van der Waals surface area contributed by atoms with Gasteiger partial charge < -0.3 is 9.47 Å². The average Bonchev–Trinajstić information content (AvgIpc) is 2.46. The van der Waals surface area contributed by atoms with Gasteiger partial charge >= 0.3 is 0 Å². The van der Waals surface area contributed by atoms with Crippen molar-refractivity contribution in [2.45, 2.75) is 39.0 Å².